The predicted molar refractivity (Wildman–Crippen MR) is 84.7 cm³/mol. The van der Waals surface area contributed by atoms with E-state index in [0.717, 1.165) is 12.1 Å². The first kappa shape index (κ1) is 18.1. The molecule has 0 saturated carbocycles. The Morgan fingerprint density at radius 2 is 1.96 bits per heavy atom. The molecule has 0 heterocycles. The van der Waals surface area contributed by atoms with Gasteiger partial charge in [-0.2, -0.15) is 14.0 Å². The van der Waals surface area contributed by atoms with Crippen molar-refractivity contribution in [2.24, 2.45) is 0 Å². The van der Waals surface area contributed by atoms with Crippen LogP contribution in [0.15, 0.2) is 42.5 Å². The summed E-state index contributed by atoms with van der Waals surface area (Å²) in [6, 6.07) is 10.6. The van der Waals surface area contributed by atoms with E-state index in [1.54, 1.807) is 18.2 Å². The van der Waals surface area contributed by atoms with Gasteiger partial charge >= 0.3 is 12.6 Å². The van der Waals surface area contributed by atoms with Crippen LogP contribution in [0.5, 0.6) is 5.75 Å². The third kappa shape index (κ3) is 5.14. The molecule has 2 aromatic carbocycles. The fraction of sp³-hybridized carbons (Fsp3) is 0.176. The van der Waals surface area contributed by atoms with Crippen LogP contribution in [0.2, 0.25) is 0 Å². The van der Waals surface area contributed by atoms with Crippen molar-refractivity contribution in [2.75, 3.05) is 12.4 Å². The van der Waals surface area contributed by atoms with Crippen molar-refractivity contribution in [1.82, 2.24) is 4.90 Å². The molecule has 1 N–H and O–H groups in total. The summed E-state index contributed by atoms with van der Waals surface area (Å²) in [6.45, 7) is -2.70. The summed E-state index contributed by atoms with van der Waals surface area (Å²) in [6.07, 6.45) is 0. The molecule has 130 valence electrons. The number of benzene rings is 2. The van der Waals surface area contributed by atoms with Crippen LogP contribution in [0.1, 0.15) is 11.1 Å². The molecular weight excluding hydrogens is 335 g/mol. The van der Waals surface area contributed by atoms with Gasteiger partial charge in [-0.05, 0) is 35.9 Å². The van der Waals surface area contributed by atoms with E-state index < -0.39 is 18.5 Å². The first-order chi connectivity index (χ1) is 11.9. The number of hydrogen-bond donors (Lipinski definition) is 1. The van der Waals surface area contributed by atoms with Gasteiger partial charge in [0.25, 0.3) is 0 Å². The molecule has 0 saturated heterocycles. The quantitative estimate of drug-likeness (QED) is 0.888. The molecule has 0 atom stereocenters. The topological polar surface area (TPSA) is 65.4 Å². The Morgan fingerprint density at radius 3 is 2.56 bits per heavy atom. The van der Waals surface area contributed by atoms with Crippen LogP contribution in [-0.4, -0.2) is 24.6 Å². The average Bonchev–Trinajstić information content (AvgIpc) is 2.57. The standard InChI is InChI=1S/C17H14F3N3O2/c1-23(10-11-2-5-14(6-3-11)25-16(19)20)17(24)22-15-7-4-13(18)8-12(15)9-21/h2-8,16H,10H2,1H3,(H,22,24). The van der Waals surface area contributed by atoms with Gasteiger partial charge in [-0.15, -0.1) is 0 Å². The van der Waals surface area contributed by atoms with Crippen molar-refractivity contribution in [1.29, 1.82) is 5.26 Å². The highest BCUT2D eigenvalue weighted by molar-refractivity contribution is 5.90. The maximum Gasteiger partial charge on any atom is 0.387 e. The number of rotatable bonds is 5. The molecule has 0 aliphatic heterocycles. The number of anilines is 1. The molecule has 0 aromatic heterocycles. The lowest BCUT2D eigenvalue weighted by atomic mass is 10.2. The zero-order valence-electron chi connectivity index (χ0n) is 13.2. The highest BCUT2D eigenvalue weighted by Gasteiger charge is 2.13. The Morgan fingerprint density at radius 1 is 1.28 bits per heavy atom. The number of alkyl halides is 2. The van der Waals surface area contributed by atoms with Crippen molar-refractivity contribution < 1.29 is 22.7 Å². The number of nitrogens with one attached hydrogen (secondary N) is 1. The molecule has 0 spiro atoms. The van der Waals surface area contributed by atoms with Gasteiger partial charge in [0.05, 0.1) is 11.3 Å². The maximum atomic E-state index is 13.1. The maximum absolute atomic E-state index is 13.1. The lowest BCUT2D eigenvalue weighted by molar-refractivity contribution is -0.0498. The van der Waals surface area contributed by atoms with Crippen LogP contribution in [0.4, 0.5) is 23.7 Å². The highest BCUT2D eigenvalue weighted by atomic mass is 19.3. The van der Waals surface area contributed by atoms with Gasteiger partial charge in [-0.1, -0.05) is 12.1 Å². The van der Waals surface area contributed by atoms with Crippen LogP contribution < -0.4 is 10.1 Å². The Balaban J connectivity index is 2.00. The number of carbonyl (C=O) groups is 1. The van der Waals surface area contributed by atoms with E-state index in [9.17, 15) is 18.0 Å². The average molecular weight is 349 g/mol. The van der Waals surface area contributed by atoms with E-state index in [1.165, 1.54) is 30.1 Å². The van der Waals surface area contributed by atoms with E-state index in [2.05, 4.69) is 10.1 Å². The van der Waals surface area contributed by atoms with Gasteiger partial charge in [-0.3, -0.25) is 0 Å². The Bertz CT molecular complexity index is 789. The second kappa shape index (κ2) is 8.06. The third-order valence-corrected chi connectivity index (χ3v) is 3.26. The summed E-state index contributed by atoms with van der Waals surface area (Å²) < 4.78 is 41.5. The van der Waals surface area contributed by atoms with E-state index in [0.29, 0.717) is 5.56 Å². The number of urea groups is 1. The van der Waals surface area contributed by atoms with Gasteiger partial charge in [0, 0.05) is 13.6 Å². The zero-order valence-corrected chi connectivity index (χ0v) is 13.2. The molecule has 5 nitrogen and oxygen atoms in total. The predicted octanol–water partition coefficient (Wildman–Crippen LogP) is 3.96. The number of halogens is 3. The molecule has 0 aliphatic rings. The molecule has 8 heteroatoms. The molecular formula is C17H14F3N3O2. The van der Waals surface area contributed by atoms with Gasteiger partial charge in [0.2, 0.25) is 0 Å². The summed E-state index contributed by atoms with van der Waals surface area (Å²) in [5.74, 6) is -0.551. The minimum absolute atomic E-state index is 0.00949. The van der Waals surface area contributed by atoms with Crippen molar-refractivity contribution in [3.63, 3.8) is 0 Å². The van der Waals surface area contributed by atoms with Crippen molar-refractivity contribution >= 4 is 11.7 Å². The third-order valence-electron chi connectivity index (χ3n) is 3.26. The van der Waals surface area contributed by atoms with Crippen LogP contribution in [0.25, 0.3) is 0 Å². The van der Waals surface area contributed by atoms with Gasteiger partial charge in [0.1, 0.15) is 17.6 Å². The van der Waals surface area contributed by atoms with E-state index >= 15 is 0 Å². The second-order valence-electron chi connectivity index (χ2n) is 5.11. The summed E-state index contributed by atoms with van der Waals surface area (Å²) in [5, 5.41) is 11.5. The molecule has 2 aromatic rings. The largest absolute Gasteiger partial charge is 0.435 e. The monoisotopic (exact) mass is 349 g/mol. The number of nitriles is 1. The number of hydrogen-bond acceptors (Lipinski definition) is 3. The Kier molecular flexibility index (Phi) is 5.84. The van der Waals surface area contributed by atoms with Crippen LogP contribution in [0.3, 0.4) is 0 Å². The normalized spacial score (nSPS) is 10.2. The lowest BCUT2D eigenvalue weighted by Crippen LogP contribution is -2.31. The smallest absolute Gasteiger partial charge is 0.387 e. The number of carbonyl (C=O) groups excluding carboxylic acids is 1. The molecule has 0 fully saturated rings. The summed E-state index contributed by atoms with van der Waals surface area (Å²) in [4.78, 5) is 13.5. The molecule has 0 bridgehead atoms. The molecule has 2 rings (SSSR count). The molecule has 0 unspecified atom stereocenters. The second-order valence-corrected chi connectivity index (χ2v) is 5.11. The van der Waals surface area contributed by atoms with Crippen LogP contribution in [0, 0.1) is 17.1 Å². The minimum Gasteiger partial charge on any atom is -0.435 e. The number of nitrogens with zero attached hydrogens (tertiary/aromatic N) is 2. The van der Waals surface area contributed by atoms with Gasteiger partial charge in [0.15, 0.2) is 0 Å². The molecule has 0 aliphatic carbocycles. The van der Waals surface area contributed by atoms with Gasteiger partial charge in [-0.25, -0.2) is 9.18 Å². The van der Waals surface area contributed by atoms with Gasteiger partial charge < -0.3 is 15.0 Å². The Labute approximate surface area is 142 Å². The fourth-order valence-corrected chi connectivity index (χ4v) is 2.05. The summed E-state index contributed by atoms with van der Waals surface area (Å²) >= 11 is 0. The minimum atomic E-state index is -2.90. The van der Waals surface area contributed by atoms with E-state index in [1.807, 2.05) is 0 Å². The van der Waals surface area contributed by atoms with E-state index in [4.69, 9.17) is 5.26 Å². The zero-order chi connectivity index (χ0) is 18.4. The molecule has 25 heavy (non-hydrogen) atoms. The van der Waals surface area contributed by atoms with Crippen molar-refractivity contribution in [3.05, 3.63) is 59.4 Å². The van der Waals surface area contributed by atoms with Crippen molar-refractivity contribution in [3.8, 4) is 11.8 Å². The first-order valence-corrected chi connectivity index (χ1v) is 7.14. The summed E-state index contributed by atoms with van der Waals surface area (Å²) in [7, 11) is 1.52. The molecule has 0 radical (unpaired) electrons. The SMILES string of the molecule is CN(Cc1ccc(OC(F)F)cc1)C(=O)Nc1ccc(F)cc1C#N. The lowest BCUT2D eigenvalue weighted by Gasteiger charge is -2.18. The summed E-state index contributed by atoms with van der Waals surface area (Å²) in [5.41, 5.74) is 0.899. The first-order valence-electron chi connectivity index (χ1n) is 7.14. The Hall–Kier alpha value is -3.21. The van der Waals surface area contributed by atoms with Crippen LogP contribution in [-0.2, 0) is 6.54 Å². The van der Waals surface area contributed by atoms with E-state index in [-0.39, 0.29) is 23.5 Å². The molecule has 2 amide bonds. The van der Waals surface area contributed by atoms with Crippen LogP contribution >= 0.6 is 0 Å². The fourth-order valence-electron chi connectivity index (χ4n) is 2.05. The number of amides is 2. The van der Waals surface area contributed by atoms with Crippen molar-refractivity contribution in [2.45, 2.75) is 13.2 Å². The number of ether oxygens (including phenoxy) is 1. The highest BCUT2D eigenvalue weighted by Crippen LogP contribution is 2.18.